The van der Waals surface area contributed by atoms with Crippen LogP contribution in [0.2, 0.25) is 5.02 Å². The number of benzene rings is 2. The molecule has 0 aromatic heterocycles. The largest absolute Gasteiger partial charge is 0.508 e. The average Bonchev–Trinajstić information content (AvgIpc) is 2.33. The Balaban J connectivity index is 2.40. The molecule has 19 heavy (non-hydrogen) atoms. The third-order valence-electron chi connectivity index (χ3n) is 2.32. The summed E-state index contributed by atoms with van der Waals surface area (Å²) in [6, 6.07) is 10.5. The second kappa shape index (κ2) is 5.40. The monoisotopic (exact) mass is 361 g/mol. The zero-order chi connectivity index (χ0) is 14.0. The minimum absolute atomic E-state index is 0.0335. The van der Waals surface area contributed by atoms with E-state index in [0.29, 0.717) is 4.47 Å². The lowest BCUT2D eigenvalue weighted by Gasteiger charge is -2.10. The molecule has 0 fully saturated rings. The highest BCUT2D eigenvalue weighted by Crippen LogP contribution is 2.29. The van der Waals surface area contributed by atoms with Crippen molar-refractivity contribution >= 4 is 43.2 Å². The Hall–Kier alpha value is -1.24. The van der Waals surface area contributed by atoms with E-state index in [4.69, 9.17) is 11.6 Å². The molecule has 2 aromatic carbocycles. The number of halogens is 2. The van der Waals surface area contributed by atoms with Gasteiger partial charge in [-0.05, 0) is 40.2 Å². The molecule has 0 saturated carbocycles. The molecule has 2 N–H and O–H groups in total. The molecule has 0 aliphatic carbocycles. The minimum Gasteiger partial charge on any atom is -0.508 e. The van der Waals surface area contributed by atoms with Gasteiger partial charge in [0.15, 0.2) is 0 Å². The summed E-state index contributed by atoms with van der Waals surface area (Å²) in [5.74, 6) is -0.0335. The molecule has 4 nitrogen and oxygen atoms in total. The summed E-state index contributed by atoms with van der Waals surface area (Å²) >= 11 is 9.05. The van der Waals surface area contributed by atoms with Crippen LogP contribution in [0.25, 0.3) is 0 Å². The van der Waals surface area contributed by atoms with E-state index in [9.17, 15) is 13.5 Å². The number of aromatic hydroxyl groups is 1. The Kier molecular flexibility index (Phi) is 4.03. The molecule has 0 bridgehead atoms. The molecule has 0 amide bonds. The van der Waals surface area contributed by atoms with Gasteiger partial charge in [-0.2, -0.15) is 0 Å². The number of nitrogens with one attached hydrogen (secondary N) is 1. The molecule has 0 heterocycles. The van der Waals surface area contributed by atoms with Gasteiger partial charge in [0.05, 0.1) is 10.7 Å². The van der Waals surface area contributed by atoms with Gasteiger partial charge in [-0.3, -0.25) is 4.72 Å². The normalized spacial score (nSPS) is 11.3. The minimum atomic E-state index is -3.74. The van der Waals surface area contributed by atoms with Crippen molar-refractivity contribution in [2.45, 2.75) is 4.90 Å². The first-order valence-corrected chi connectivity index (χ1v) is 7.81. The van der Waals surface area contributed by atoms with E-state index in [1.54, 1.807) is 18.2 Å². The van der Waals surface area contributed by atoms with E-state index < -0.39 is 10.0 Å². The van der Waals surface area contributed by atoms with Crippen molar-refractivity contribution in [3.05, 3.63) is 52.0 Å². The zero-order valence-corrected chi connectivity index (χ0v) is 12.6. The molecule has 0 atom stereocenters. The number of sulfonamides is 1. The first kappa shape index (κ1) is 14.2. The highest BCUT2D eigenvalue weighted by atomic mass is 79.9. The van der Waals surface area contributed by atoms with Gasteiger partial charge in [0.2, 0.25) is 0 Å². The van der Waals surface area contributed by atoms with Crippen molar-refractivity contribution in [1.82, 2.24) is 0 Å². The lowest BCUT2D eigenvalue weighted by molar-refractivity contribution is 0.475. The Morgan fingerprint density at radius 1 is 1.16 bits per heavy atom. The van der Waals surface area contributed by atoms with Crippen LogP contribution in [0.4, 0.5) is 5.69 Å². The standard InChI is InChI=1S/C12H9BrClNO3S/c13-9-3-1-2-4-12(9)19(17,18)15-11-6-5-8(16)7-10(11)14/h1-7,15-16H. The number of hydrogen-bond donors (Lipinski definition) is 2. The number of anilines is 1. The van der Waals surface area contributed by atoms with Crippen LogP contribution in [-0.4, -0.2) is 13.5 Å². The molecule has 7 heteroatoms. The molecular weight excluding hydrogens is 354 g/mol. The van der Waals surface area contributed by atoms with Crippen LogP contribution in [0.5, 0.6) is 5.75 Å². The van der Waals surface area contributed by atoms with Crippen LogP contribution < -0.4 is 4.72 Å². The summed E-state index contributed by atoms with van der Waals surface area (Å²) in [6.07, 6.45) is 0. The van der Waals surface area contributed by atoms with Gasteiger partial charge >= 0.3 is 0 Å². The average molecular weight is 363 g/mol. The predicted octanol–water partition coefficient (Wildman–Crippen LogP) is 3.61. The highest BCUT2D eigenvalue weighted by molar-refractivity contribution is 9.10. The van der Waals surface area contributed by atoms with Gasteiger partial charge in [0.25, 0.3) is 10.0 Å². The maximum Gasteiger partial charge on any atom is 0.263 e. The molecule has 0 aliphatic heterocycles. The Morgan fingerprint density at radius 2 is 1.84 bits per heavy atom. The van der Waals surface area contributed by atoms with E-state index in [0.717, 1.165) is 0 Å². The van der Waals surface area contributed by atoms with Gasteiger partial charge in [-0.1, -0.05) is 23.7 Å². The van der Waals surface area contributed by atoms with Crippen LogP contribution in [0.1, 0.15) is 0 Å². The quantitative estimate of drug-likeness (QED) is 0.820. The topological polar surface area (TPSA) is 66.4 Å². The maximum absolute atomic E-state index is 12.2. The molecule has 0 radical (unpaired) electrons. The molecule has 100 valence electrons. The van der Waals surface area contributed by atoms with E-state index in [2.05, 4.69) is 20.7 Å². The summed E-state index contributed by atoms with van der Waals surface area (Å²) in [6.45, 7) is 0. The van der Waals surface area contributed by atoms with Crippen molar-refractivity contribution in [3.8, 4) is 5.75 Å². The van der Waals surface area contributed by atoms with Crippen LogP contribution in [0.3, 0.4) is 0 Å². The molecule has 0 aliphatic rings. The first-order valence-electron chi connectivity index (χ1n) is 5.16. The predicted molar refractivity (Wildman–Crippen MR) is 78.1 cm³/mol. The molecule has 0 saturated heterocycles. The number of rotatable bonds is 3. The fraction of sp³-hybridized carbons (Fsp3) is 0. The van der Waals surface area contributed by atoms with Crippen molar-refractivity contribution in [1.29, 1.82) is 0 Å². The van der Waals surface area contributed by atoms with Crippen molar-refractivity contribution in [2.24, 2.45) is 0 Å². The fourth-order valence-electron chi connectivity index (χ4n) is 1.45. The van der Waals surface area contributed by atoms with E-state index in [1.807, 2.05) is 0 Å². The first-order chi connectivity index (χ1) is 8.90. The molecule has 0 spiro atoms. The van der Waals surface area contributed by atoms with Gasteiger partial charge in [-0.15, -0.1) is 0 Å². The van der Waals surface area contributed by atoms with Crippen molar-refractivity contribution < 1.29 is 13.5 Å². The molecular formula is C12H9BrClNO3S. The van der Waals surface area contributed by atoms with Crippen LogP contribution in [0.15, 0.2) is 51.8 Å². The Bertz CT molecular complexity index is 719. The number of phenolic OH excluding ortho intramolecular Hbond substituents is 1. The lowest BCUT2D eigenvalue weighted by atomic mass is 10.3. The van der Waals surface area contributed by atoms with Crippen LogP contribution in [0, 0.1) is 0 Å². The second-order valence-corrected chi connectivity index (χ2v) is 6.61. The number of phenols is 1. The Morgan fingerprint density at radius 3 is 2.47 bits per heavy atom. The van der Waals surface area contributed by atoms with Crippen molar-refractivity contribution in [2.75, 3.05) is 4.72 Å². The van der Waals surface area contributed by atoms with E-state index in [-0.39, 0.29) is 21.4 Å². The second-order valence-electron chi connectivity index (χ2n) is 3.70. The molecule has 2 aromatic rings. The SMILES string of the molecule is O=S(=O)(Nc1ccc(O)cc1Cl)c1ccccc1Br. The van der Waals surface area contributed by atoms with Crippen LogP contribution in [-0.2, 0) is 10.0 Å². The van der Waals surface area contributed by atoms with Gasteiger partial charge in [0.1, 0.15) is 10.6 Å². The van der Waals surface area contributed by atoms with Gasteiger partial charge < -0.3 is 5.11 Å². The summed E-state index contributed by atoms with van der Waals surface area (Å²) in [5.41, 5.74) is 0.204. The fourth-order valence-corrected chi connectivity index (χ4v) is 3.81. The summed E-state index contributed by atoms with van der Waals surface area (Å²) in [4.78, 5) is 0.110. The van der Waals surface area contributed by atoms with Gasteiger partial charge in [0, 0.05) is 10.5 Å². The highest BCUT2D eigenvalue weighted by Gasteiger charge is 2.18. The summed E-state index contributed by atoms with van der Waals surface area (Å²) < 4.78 is 27.2. The molecule has 2 rings (SSSR count). The van der Waals surface area contributed by atoms with E-state index >= 15 is 0 Å². The third-order valence-corrected chi connectivity index (χ3v) is 5.01. The van der Waals surface area contributed by atoms with Crippen LogP contribution >= 0.6 is 27.5 Å². The zero-order valence-electron chi connectivity index (χ0n) is 9.47. The summed E-state index contributed by atoms with van der Waals surface area (Å²) in [7, 11) is -3.74. The smallest absolute Gasteiger partial charge is 0.263 e. The third kappa shape index (κ3) is 3.20. The van der Waals surface area contributed by atoms with Gasteiger partial charge in [-0.25, -0.2) is 8.42 Å². The summed E-state index contributed by atoms with van der Waals surface area (Å²) in [5, 5.41) is 9.35. The maximum atomic E-state index is 12.2. The van der Waals surface area contributed by atoms with Crippen molar-refractivity contribution in [3.63, 3.8) is 0 Å². The lowest BCUT2D eigenvalue weighted by Crippen LogP contribution is -2.13. The Labute approximate surface area is 124 Å². The van der Waals surface area contributed by atoms with E-state index in [1.165, 1.54) is 24.3 Å². The molecule has 0 unspecified atom stereocenters. The number of hydrogen-bond acceptors (Lipinski definition) is 3.